The molecule has 37 heavy (non-hydrogen) atoms. The normalized spacial score (nSPS) is 18.2. The molecule has 0 radical (unpaired) electrons. The molecule has 9 nitrogen and oxygen atoms in total. The molecule has 2 aromatic rings. The van der Waals surface area contributed by atoms with Crippen LogP contribution in [0.2, 0.25) is 0 Å². The number of Topliss-reactive ketones (excluding diaryl/α,β-unsaturated/α-hetero) is 1. The summed E-state index contributed by atoms with van der Waals surface area (Å²) in [5, 5.41) is 5.52. The van der Waals surface area contributed by atoms with E-state index in [0.29, 0.717) is 24.5 Å². The maximum atomic E-state index is 13.5. The van der Waals surface area contributed by atoms with E-state index in [1.807, 2.05) is 30.3 Å². The van der Waals surface area contributed by atoms with Crippen LogP contribution in [0.3, 0.4) is 0 Å². The summed E-state index contributed by atoms with van der Waals surface area (Å²) >= 11 is 0. The van der Waals surface area contributed by atoms with Gasteiger partial charge in [-0.3, -0.25) is 9.59 Å². The molecule has 1 aliphatic rings. The number of carbonyl (C=O) groups excluding carboxylic acids is 3. The molecular weight excluding hydrogens is 476 g/mol. The van der Waals surface area contributed by atoms with Crippen molar-refractivity contribution < 1.29 is 33.3 Å². The van der Waals surface area contributed by atoms with Gasteiger partial charge in [-0.2, -0.15) is 0 Å². The van der Waals surface area contributed by atoms with Crippen LogP contribution >= 0.6 is 0 Å². The summed E-state index contributed by atoms with van der Waals surface area (Å²) in [4.78, 5) is 39.4. The molecule has 1 fully saturated rings. The summed E-state index contributed by atoms with van der Waals surface area (Å²) in [5.74, 6) is 0.303. The quantitative estimate of drug-likeness (QED) is 0.444. The van der Waals surface area contributed by atoms with Crippen molar-refractivity contribution in [3.05, 3.63) is 59.7 Å². The molecule has 200 valence electrons. The van der Waals surface area contributed by atoms with Crippen LogP contribution in [-0.2, 0) is 31.9 Å². The molecular formula is C28H36N2O7. The highest BCUT2D eigenvalue weighted by atomic mass is 16.6. The van der Waals surface area contributed by atoms with Crippen LogP contribution in [0.1, 0.15) is 38.8 Å². The predicted octanol–water partition coefficient (Wildman–Crippen LogP) is 3.23. The molecule has 3 rings (SSSR count). The largest absolute Gasteiger partial charge is 0.493 e. The number of alkyl carbamates (subject to hydrolysis) is 1. The minimum Gasteiger partial charge on any atom is -0.493 e. The Labute approximate surface area is 217 Å². The highest BCUT2D eigenvalue weighted by Gasteiger charge is 2.50. The van der Waals surface area contributed by atoms with Gasteiger partial charge in [0, 0.05) is 6.42 Å². The molecule has 0 unspecified atom stereocenters. The van der Waals surface area contributed by atoms with Crippen LogP contribution in [0, 0.1) is 0 Å². The van der Waals surface area contributed by atoms with Crippen LogP contribution in [0.25, 0.3) is 0 Å². The van der Waals surface area contributed by atoms with Gasteiger partial charge in [-0.15, -0.1) is 0 Å². The van der Waals surface area contributed by atoms with Gasteiger partial charge in [-0.05, 0) is 57.4 Å². The van der Waals surface area contributed by atoms with Crippen molar-refractivity contribution in [2.75, 3.05) is 20.8 Å². The molecule has 1 aliphatic heterocycles. The molecule has 0 bridgehead atoms. The number of hydrogen-bond acceptors (Lipinski definition) is 7. The molecule has 2 N–H and O–H groups in total. The summed E-state index contributed by atoms with van der Waals surface area (Å²) < 4.78 is 21.4. The number of nitrogens with one attached hydrogen (secondary N) is 2. The number of benzene rings is 2. The maximum Gasteiger partial charge on any atom is 0.408 e. The Bertz CT molecular complexity index is 1110. The third-order valence-electron chi connectivity index (χ3n) is 5.91. The lowest BCUT2D eigenvalue weighted by Gasteiger charge is -2.26. The molecule has 2 aromatic carbocycles. The molecule has 0 saturated carbocycles. The number of rotatable bonds is 11. The fourth-order valence-corrected chi connectivity index (χ4v) is 3.85. The molecule has 0 aromatic heterocycles. The van der Waals surface area contributed by atoms with E-state index in [1.54, 1.807) is 45.9 Å². The van der Waals surface area contributed by atoms with Gasteiger partial charge in [0.05, 0.1) is 26.9 Å². The monoisotopic (exact) mass is 512 g/mol. The van der Waals surface area contributed by atoms with Gasteiger partial charge in [0.2, 0.25) is 5.91 Å². The highest BCUT2D eigenvalue weighted by Crippen LogP contribution is 2.30. The molecule has 0 aliphatic carbocycles. The maximum absolute atomic E-state index is 13.5. The first kappa shape index (κ1) is 28.0. The minimum atomic E-state index is -1.02. The molecule has 1 saturated heterocycles. The van der Waals surface area contributed by atoms with Crippen molar-refractivity contribution in [2.45, 2.75) is 63.8 Å². The molecule has 3 atom stereocenters. The zero-order valence-corrected chi connectivity index (χ0v) is 22.3. The fourth-order valence-electron chi connectivity index (χ4n) is 3.85. The number of carbonyl (C=O) groups is 3. The van der Waals surface area contributed by atoms with Gasteiger partial charge in [-0.1, -0.05) is 36.4 Å². The van der Waals surface area contributed by atoms with E-state index in [4.69, 9.17) is 18.9 Å². The van der Waals surface area contributed by atoms with E-state index in [9.17, 15) is 14.4 Å². The smallest absolute Gasteiger partial charge is 0.408 e. The lowest BCUT2D eigenvalue weighted by molar-refractivity contribution is -0.131. The van der Waals surface area contributed by atoms with Gasteiger partial charge in [0.1, 0.15) is 17.2 Å². The van der Waals surface area contributed by atoms with Gasteiger partial charge in [0.15, 0.2) is 17.3 Å². The van der Waals surface area contributed by atoms with Crippen LogP contribution < -0.4 is 20.1 Å². The SMILES string of the molecule is COc1ccc(C[C@H](NC(=O)OC(C)(C)C)C(=O)N[C@@H](Cc2ccccc2)C(=O)[C@]2(C)CO2)cc1OC. The van der Waals surface area contributed by atoms with Crippen LogP contribution in [-0.4, -0.2) is 61.9 Å². The molecule has 9 heteroatoms. The lowest BCUT2D eigenvalue weighted by atomic mass is 9.94. The van der Waals surface area contributed by atoms with Gasteiger partial charge in [0.25, 0.3) is 0 Å². The van der Waals surface area contributed by atoms with E-state index < -0.39 is 35.3 Å². The van der Waals surface area contributed by atoms with E-state index >= 15 is 0 Å². The number of hydrogen-bond donors (Lipinski definition) is 2. The number of methoxy groups -OCH3 is 2. The Balaban J connectivity index is 1.85. The average molecular weight is 513 g/mol. The van der Waals surface area contributed by atoms with Gasteiger partial charge in [-0.25, -0.2) is 4.79 Å². The first-order valence-electron chi connectivity index (χ1n) is 12.2. The van der Waals surface area contributed by atoms with Crippen molar-refractivity contribution >= 4 is 17.8 Å². The standard InChI is InChI=1S/C28H36N2O7/c1-27(2,3)37-26(33)30-21(15-19-12-13-22(34-5)23(16-19)35-6)25(32)29-20(24(31)28(4)17-36-28)14-18-10-8-7-9-11-18/h7-13,16,20-21H,14-15,17H2,1-6H3,(H,29,32)(H,30,33)/t20-,21-,28-/m0/s1. The Kier molecular flexibility index (Phi) is 8.81. The number of amides is 2. The Morgan fingerprint density at radius 3 is 2.11 bits per heavy atom. The second-order valence-corrected chi connectivity index (χ2v) is 10.2. The zero-order valence-electron chi connectivity index (χ0n) is 22.3. The van der Waals surface area contributed by atoms with Crippen LogP contribution in [0.4, 0.5) is 4.79 Å². The summed E-state index contributed by atoms with van der Waals surface area (Å²) in [6.07, 6.45) is -0.317. The lowest BCUT2D eigenvalue weighted by Crippen LogP contribution is -2.55. The van der Waals surface area contributed by atoms with Gasteiger partial charge >= 0.3 is 6.09 Å². The van der Waals surface area contributed by atoms with Crippen LogP contribution in [0.15, 0.2) is 48.5 Å². The third kappa shape index (κ3) is 7.95. The van der Waals surface area contributed by atoms with Crippen molar-refractivity contribution in [3.63, 3.8) is 0 Å². The second-order valence-electron chi connectivity index (χ2n) is 10.2. The zero-order chi connectivity index (χ0) is 27.2. The average Bonchev–Trinajstić information content (AvgIpc) is 3.60. The van der Waals surface area contributed by atoms with Crippen LogP contribution in [0.5, 0.6) is 11.5 Å². The Morgan fingerprint density at radius 2 is 1.54 bits per heavy atom. The second kappa shape index (κ2) is 11.6. The summed E-state index contributed by atoms with van der Waals surface area (Å²) in [5.41, 5.74) is -0.0679. The number of ketones is 1. The molecule has 0 spiro atoms. The van der Waals surface area contributed by atoms with Gasteiger partial charge < -0.3 is 29.6 Å². The topological polar surface area (TPSA) is 115 Å². The Morgan fingerprint density at radius 1 is 0.919 bits per heavy atom. The number of epoxide rings is 1. The molecule has 1 heterocycles. The Hall–Kier alpha value is -3.59. The number of ether oxygens (including phenoxy) is 4. The minimum absolute atomic E-state index is 0.130. The summed E-state index contributed by atoms with van der Waals surface area (Å²) in [7, 11) is 3.05. The highest BCUT2D eigenvalue weighted by molar-refractivity contribution is 5.98. The van der Waals surface area contributed by atoms with E-state index in [-0.39, 0.29) is 12.2 Å². The van der Waals surface area contributed by atoms with Crippen molar-refractivity contribution in [1.29, 1.82) is 0 Å². The molecule has 2 amide bonds. The predicted molar refractivity (Wildman–Crippen MR) is 138 cm³/mol. The first-order chi connectivity index (χ1) is 17.4. The van der Waals surface area contributed by atoms with Crippen molar-refractivity contribution in [2.24, 2.45) is 0 Å². The summed E-state index contributed by atoms with van der Waals surface area (Å²) in [6, 6.07) is 12.8. The third-order valence-corrected chi connectivity index (χ3v) is 5.91. The fraction of sp³-hybridized carbons (Fsp3) is 0.464. The van der Waals surface area contributed by atoms with Crippen molar-refractivity contribution in [3.8, 4) is 11.5 Å². The summed E-state index contributed by atoms with van der Waals surface area (Å²) in [6.45, 7) is 7.22. The van der Waals surface area contributed by atoms with E-state index in [2.05, 4.69) is 10.6 Å². The van der Waals surface area contributed by atoms with E-state index in [0.717, 1.165) is 11.1 Å². The van der Waals surface area contributed by atoms with Crippen molar-refractivity contribution in [1.82, 2.24) is 10.6 Å². The van der Waals surface area contributed by atoms with E-state index in [1.165, 1.54) is 14.2 Å². The first-order valence-corrected chi connectivity index (χ1v) is 12.2.